The molecule has 0 bridgehead atoms. The molecule has 0 spiro atoms. The molecule has 1 aromatic rings. The van der Waals surface area contributed by atoms with E-state index in [1.165, 1.54) is 0 Å². The highest BCUT2D eigenvalue weighted by molar-refractivity contribution is 5.78. The molecule has 2 atom stereocenters. The van der Waals surface area contributed by atoms with Crippen LogP contribution in [-0.4, -0.2) is 53.4 Å². The Labute approximate surface area is 114 Å². The zero-order chi connectivity index (χ0) is 13.8. The van der Waals surface area contributed by atoms with Crippen molar-refractivity contribution in [2.45, 2.75) is 25.4 Å². The van der Waals surface area contributed by atoms with Gasteiger partial charge in [0.05, 0.1) is 12.6 Å². The monoisotopic (exact) mass is 262 g/mol. The number of hydrogen-bond acceptors (Lipinski definition) is 4. The fraction of sp³-hybridized carbons (Fsp3) is 0.571. The molecule has 1 fully saturated rings. The molecule has 0 aromatic carbocycles. The number of nitrogens with two attached hydrogens (primary N) is 1. The molecular formula is C14H22N4O. The maximum Gasteiger partial charge on any atom is 0.236 e. The Balaban J connectivity index is 2.22. The van der Waals surface area contributed by atoms with Crippen LogP contribution in [0.15, 0.2) is 24.5 Å². The fourth-order valence-corrected chi connectivity index (χ4v) is 2.65. The standard InChI is InChI=1S/C14H22N4O/c1-11(15)14(12-4-6-16-7-5-12)18-9-3-8-17(2)13(19)10-18/h4-7,11,14H,3,8-10,15H2,1-2H3. The van der Waals surface area contributed by atoms with Crippen LogP contribution in [0.2, 0.25) is 0 Å². The van der Waals surface area contributed by atoms with E-state index in [1.54, 1.807) is 17.3 Å². The van der Waals surface area contributed by atoms with E-state index in [0.717, 1.165) is 25.1 Å². The van der Waals surface area contributed by atoms with Crippen molar-refractivity contribution in [2.75, 3.05) is 26.7 Å². The molecule has 5 nitrogen and oxygen atoms in total. The number of rotatable bonds is 3. The summed E-state index contributed by atoms with van der Waals surface area (Å²) < 4.78 is 0. The summed E-state index contributed by atoms with van der Waals surface area (Å²) >= 11 is 0. The maximum absolute atomic E-state index is 12.0. The van der Waals surface area contributed by atoms with Gasteiger partial charge in [-0.25, -0.2) is 0 Å². The first-order chi connectivity index (χ1) is 9.09. The lowest BCUT2D eigenvalue weighted by molar-refractivity contribution is -0.130. The van der Waals surface area contributed by atoms with Gasteiger partial charge in [-0.05, 0) is 31.0 Å². The summed E-state index contributed by atoms with van der Waals surface area (Å²) in [6.07, 6.45) is 4.53. The lowest BCUT2D eigenvalue weighted by Gasteiger charge is -2.33. The molecule has 2 rings (SSSR count). The van der Waals surface area contributed by atoms with Gasteiger partial charge >= 0.3 is 0 Å². The van der Waals surface area contributed by atoms with E-state index in [9.17, 15) is 4.79 Å². The highest BCUT2D eigenvalue weighted by Gasteiger charge is 2.28. The second kappa shape index (κ2) is 6.12. The van der Waals surface area contributed by atoms with Crippen molar-refractivity contribution in [3.05, 3.63) is 30.1 Å². The average molecular weight is 262 g/mol. The van der Waals surface area contributed by atoms with Crippen molar-refractivity contribution < 1.29 is 4.79 Å². The van der Waals surface area contributed by atoms with Gasteiger partial charge in [0.25, 0.3) is 0 Å². The Morgan fingerprint density at radius 2 is 2.00 bits per heavy atom. The number of likely N-dealkylation sites (N-methyl/N-ethyl adjacent to an activating group) is 1. The van der Waals surface area contributed by atoms with Gasteiger partial charge in [-0.3, -0.25) is 14.7 Å². The SMILES string of the molecule is CC(N)C(c1ccncc1)N1CCCN(C)C(=O)C1. The molecule has 2 N–H and O–H groups in total. The highest BCUT2D eigenvalue weighted by Crippen LogP contribution is 2.24. The zero-order valence-corrected chi connectivity index (χ0v) is 11.6. The van der Waals surface area contributed by atoms with Crippen LogP contribution in [0, 0.1) is 0 Å². The van der Waals surface area contributed by atoms with Gasteiger partial charge in [0.1, 0.15) is 0 Å². The summed E-state index contributed by atoms with van der Waals surface area (Å²) in [6, 6.07) is 4.00. The molecule has 0 saturated carbocycles. The van der Waals surface area contributed by atoms with E-state index in [0.29, 0.717) is 6.54 Å². The molecule has 2 unspecified atom stereocenters. The minimum atomic E-state index is -0.0291. The smallest absolute Gasteiger partial charge is 0.236 e. The van der Waals surface area contributed by atoms with Crippen molar-refractivity contribution >= 4 is 5.91 Å². The summed E-state index contributed by atoms with van der Waals surface area (Å²) in [5.41, 5.74) is 7.27. The lowest BCUT2D eigenvalue weighted by Crippen LogP contribution is -2.43. The van der Waals surface area contributed by atoms with Gasteiger partial charge in [-0.2, -0.15) is 0 Å². The number of aromatic nitrogens is 1. The number of nitrogens with zero attached hydrogens (tertiary/aromatic N) is 3. The minimum absolute atomic E-state index is 0.0291. The van der Waals surface area contributed by atoms with Gasteiger partial charge in [0.2, 0.25) is 5.91 Å². The van der Waals surface area contributed by atoms with Crippen molar-refractivity contribution in [2.24, 2.45) is 5.73 Å². The molecule has 104 valence electrons. The number of carbonyl (C=O) groups excluding carboxylic acids is 1. The first-order valence-corrected chi connectivity index (χ1v) is 6.73. The summed E-state index contributed by atoms with van der Waals surface area (Å²) in [4.78, 5) is 20.0. The summed E-state index contributed by atoms with van der Waals surface area (Å²) in [6.45, 7) is 4.14. The molecule has 0 radical (unpaired) electrons. The van der Waals surface area contributed by atoms with Gasteiger partial charge in [-0.15, -0.1) is 0 Å². The number of pyridine rings is 1. The van der Waals surface area contributed by atoms with Gasteiger partial charge in [0.15, 0.2) is 0 Å². The molecule has 2 heterocycles. The van der Waals surface area contributed by atoms with Crippen LogP contribution < -0.4 is 5.73 Å². The lowest BCUT2D eigenvalue weighted by atomic mass is 10.00. The van der Waals surface area contributed by atoms with E-state index in [2.05, 4.69) is 9.88 Å². The quantitative estimate of drug-likeness (QED) is 0.868. The third-order valence-electron chi connectivity index (χ3n) is 3.64. The topological polar surface area (TPSA) is 62.5 Å². The highest BCUT2D eigenvalue weighted by atomic mass is 16.2. The van der Waals surface area contributed by atoms with Crippen LogP contribution >= 0.6 is 0 Å². The zero-order valence-electron chi connectivity index (χ0n) is 11.6. The van der Waals surface area contributed by atoms with Crippen LogP contribution in [0.4, 0.5) is 0 Å². The van der Waals surface area contributed by atoms with Crippen LogP contribution in [0.25, 0.3) is 0 Å². The van der Waals surface area contributed by atoms with Crippen molar-refractivity contribution in [1.29, 1.82) is 0 Å². The minimum Gasteiger partial charge on any atom is -0.345 e. The normalized spacial score (nSPS) is 21.0. The van der Waals surface area contributed by atoms with E-state index in [1.807, 2.05) is 26.1 Å². The molecule has 5 heteroatoms. The van der Waals surface area contributed by atoms with Crippen LogP contribution in [0.5, 0.6) is 0 Å². The summed E-state index contributed by atoms with van der Waals surface area (Å²) in [7, 11) is 1.86. The molecular weight excluding hydrogens is 240 g/mol. The molecule has 19 heavy (non-hydrogen) atoms. The van der Waals surface area contributed by atoms with Crippen molar-refractivity contribution in [3.8, 4) is 0 Å². The number of hydrogen-bond donors (Lipinski definition) is 1. The molecule has 1 amide bonds. The Kier molecular flexibility index (Phi) is 4.50. The van der Waals surface area contributed by atoms with Gasteiger partial charge < -0.3 is 10.6 Å². The van der Waals surface area contributed by atoms with Gasteiger partial charge in [-0.1, -0.05) is 0 Å². The summed E-state index contributed by atoms with van der Waals surface area (Å²) in [5, 5.41) is 0. The number of amides is 1. The van der Waals surface area contributed by atoms with Crippen LogP contribution in [0.1, 0.15) is 24.9 Å². The summed E-state index contributed by atoms with van der Waals surface area (Å²) in [5.74, 6) is 0.164. The molecule has 1 aliphatic rings. The van der Waals surface area contributed by atoms with E-state index < -0.39 is 0 Å². The first kappa shape index (κ1) is 14.0. The molecule has 1 aromatic heterocycles. The predicted octanol–water partition coefficient (Wildman–Crippen LogP) is 0.634. The average Bonchev–Trinajstić information content (AvgIpc) is 2.53. The van der Waals surface area contributed by atoms with Crippen LogP contribution in [0.3, 0.4) is 0 Å². The second-order valence-electron chi connectivity index (χ2n) is 5.22. The molecule has 0 aliphatic carbocycles. The Morgan fingerprint density at radius 3 is 2.63 bits per heavy atom. The second-order valence-corrected chi connectivity index (χ2v) is 5.22. The van der Waals surface area contributed by atoms with E-state index in [-0.39, 0.29) is 18.0 Å². The molecule has 1 saturated heterocycles. The third-order valence-corrected chi connectivity index (χ3v) is 3.64. The van der Waals surface area contributed by atoms with E-state index >= 15 is 0 Å². The third kappa shape index (κ3) is 3.30. The predicted molar refractivity (Wildman–Crippen MR) is 74.5 cm³/mol. The first-order valence-electron chi connectivity index (χ1n) is 6.73. The Hall–Kier alpha value is -1.46. The Morgan fingerprint density at radius 1 is 1.32 bits per heavy atom. The van der Waals surface area contributed by atoms with Crippen molar-refractivity contribution in [1.82, 2.24) is 14.8 Å². The van der Waals surface area contributed by atoms with Crippen LogP contribution in [-0.2, 0) is 4.79 Å². The van der Waals surface area contributed by atoms with Crippen molar-refractivity contribution in [3.63, 3.8) is 0 Å². The Bertz CT molecular complexity index is 421. The maximum atomic E-state index is 12.0. The largest absolute Gasteiger partial charge is 0.345 e. The number of carbonyl (C=O) groups is 1. The fourth-order valence-electron chi connectivity index (χ4n) is 2.65. The molecule has 1 aliphatic heterocycles. The van der Waals surface area contributed by atoms with Gasteiger partial charge in [0, 0.05) is 38.6 Å². The van der Waals surface area contributed by atoms with E-state index in [4.69, 9.17) is 5.73 Å².